The fourth-order valence-corrected chi connectivity index (χ4v) is 4.31. The maximum atomic E-state index is 14.6. The van der Waals surface area contributed by atoms with Gasteiger partial charge in [0.15, 0.2) is 17.3 Å². The average molecular weight is 508 g/mol. The first-order valence-corrected chi connectivity index (χ1v) is 11.2. The number of fused-ring (bicyclic) bond motifs is 3. The van der Waals surface area contributed by atoms with E-state index in [0.717, 1.165) is 6.92 Å². The monoisotopic (exact) mass is 507 g/mol. The predicted molar refractivity (Wildman–Crippen MR) is 122 cm³/mol. The van der Waals surface area contributed by atoms with Crippen molar-refractivity contribution in [2.75, 3.05) is 20.8 Å². The standard InChI is InChI=1S/C24H24ClF2N3O5/c1-5-34-19(31)12-18-22-28-29-23(24(2,26)27)30(22)16-10-9-13(25)11-15(16)20(35-18)14-7-6-8-17(32-3)21(14)33-4/h6-11,18,20H,5,12H2,1-4H3. The molecule has 186 valence electrons. The minimum absolute atomic E-state index is 0.0440. The summed E-state index contributed by atoms with van der Waals surface area (Å²) in [6.07, 6.45) is -2.22. The fourth-order valence-electron chi connectivity index (χ4n) is 4.13. The molecular formula is C24H24ClF2N3O5. The lowest BCUT2D eigenvalue weighted by Gasteiger charge is -2.24. The quantitative estimate of drug-likeness (QED) is 0.408. The number of alkyl halides is 2. The number of carbonyl (C=O) groups excluding carboxylic acids is 1. The lowest BCUT2D eigenvalue weighted by atomic mass is 9.98. The zero-order valence-corrected chi connectivity index (χ0v) is 20.3. The molecule has 3 aromatic rings. The van der Waals surface area contributed by atoms with E-state index in [0.29, 0.717) is 33.3 Å². The van der Waals surface area contributed by atoms with E-state index in [1.54, 1.807) is 43.3 Å². The predicted octanol–water partition coefficient (Wildman–Crippen LogP) is 5.16. The molecule has 0 N–H and O–H groups in total. The number of nitrogens with zero attached hydrogens (tertiary/aromatic N) is 3. The molecule has 0 aliphatic carbocycles. The van der Waals surface area contributed by atoms with Gasteiger partial charge in [-0.2, -0.15) is 8.78 Å². The summed E-state index contributed by atoms with van der Waals surface area (Å²) in [5, 5.41) is 8.13. The van der Waals surface area contributed by atoms with Crippen molar-refractivity contribution in [3.8, 4) is 17.2 Å². The molecule has 0 saturated heterocycles. The zero-order chi connectivity index (χ0) is 25.3. The van der Waals surface area contributed by atoms with Crippen molar-refractivity contribution >= 4 is 17.6 Å². The molecule has 1 aromatic heterocycles. The Labute approximate surface area is 205 Å². The van der Waals surface area contributed by atoms with Gasteiger partial charge in [0.25, 0.3) is 0 Å². The molecule has 0 spiro atoms. The van der Waals surface area contributed by atoms with E-state index in [1.807, 2.05) is 0 Å². The van der Waals surface area contributed by atoms with Crippen molar-refractivity contribution in [3.05, 3.63) is 64.2 Å². The number of halogens is 3. The van der Waals surface area contributed by atoms with Gasteiger partial charge in [0, 0.05) is 23.1 Å². The van der Waals surface area contributed by atoms with E-state index in [1.165, 1.54) is 18.8 Å². The van der Waals surface area contributed by atoms with Crippen LogP contribution in [0.15, 0.2) is 36.4 Å². The van der Waals surface area contributed by atoms with Crippen molar-refractivity contribution in [3.63, 3.8) is 0 Å². The van der Waals surface area contributed by atoms with E-state index < -0.39 is 29.9 Å². The van der Waals surface area contributed by atoms with Crippen LogP contribution in [0.4, 0.5) is 8.78 Å². The van der Waals surface area contributed by atoms with Crippen LogP contribution in [-0.4, -0.2) is 41.6 Å². The third-order valence-corrected chi connectivity index (χ3v) is 5.79. The topological polar surface area (TPSA) is 84.7 Å². The Morgan fingerprint density at radius 1 is 1.17 bits per heavy atom. The molecule has 0 bridgehead atoms. The highest BCUT2D eigenvalue weighted by atomic mass is 35.5. The summed E-state index contributed by atoms with van der Waals surface area (Å²) in [6, 6.07) is 10.0. The third-order valence-electron chi connectivity index (χ3n) is 5.56. The smallest absolute Gasteiger partial charge is 0.308 e. The Hall–Kier alpha value is -3.24. The van der Waals surface area contributed by atoms with Gasteiger partial charge >= 0.3 is 11.9 Å². The third kappa shape index (κ3) is 4.68. The first-order chi connectivity index (χ1) is 16.7. The molecule has 2 heterocycles. The Morgan fingerprint density at radius 2 is 1.94 bits per heavy atom. The van der Waals surface area contributed by atoms with E-state index in [9.17, 15) is 13.6 Å². The lowest BCUT2D eigenvalue weighted by molar-refractivity contribution is -0.147. The molecule has 0 radical (unpaired) electrons. The molecule has 8 nitrogen and oxygen atoms in total. The molecule has 2 aromatic carbocycles. The van der Waals surface area contributed by atoms with Crippen molar-refractivity contribution in [2.45, 2.75) is 38.4 Å². The van der Waals surface area contributed by atoms with E-state index in [2.05, 4.69) is 10.2 Å². The summed E-state index contributed by atoms with van der Waals surface area (Å²) in [7, 11) is 2.98. The molecule has 0 saturated carbocycles. The Kier molecular flexibility index (Phi) is 6.95. The second-order valence-electron chi connectivity index (χ2n) is 7.91. The number of hydrogen-bond donors (Lipinski definition) is 0. The van der Waals surface area contributed by atoms with Crippen LogP contribution < -0.4 is 9.47 Å². The largest absolute Gasteiger partial charge is 0.493 e. The number of para-hydroxylation sites is 1. The van der Waals surface area contributed by atoms with Crippen LogP contribution in [0, 0.1) is 0 Å². The number of benzene rings is 2. The fraction of sp³-hybridized carbons (Fsp3) is 0.375. The van der Waals surface area contributed by atoms with Gasteiger partial charge in [-0.15, -0.1) is 10.2 Å². The molecule has 11 heteroatoms. The Morgan fingerprint density at radius 3 is 2.60 bits per heavy atom. The number of hydrogen-bond acceptors (Lipinski definition) is 7. The highest BCUT2D eigenvalue weighted by Crippen LogP contribution is 2.47. The van der Waals surface area contributed by atoms with Crippen LogP contribution in [0.3, 0.4) is 0 Å². The molecule has 1 aliphatic heterocycles. The Balaban J connectivity index is 2.00. The molecule has 4 rings (SSSR count). The first kappa shape index (κ1) is 24.9. The van der Waals surface area contributed by atoms with Gasteiger partial charge in [-0.1, -0.05) is 23.7 Å². The van der Waals surface area contributed by atoms with Crippen molar-refractivity contribution < 1.29 is 32.5 Å². The van der Waals surface area contributed by atoms with Crippen molar-refractivity contribution in [2.24, 2.45) is 0 Å². The second kappa shape index (κ2) is 9.79. The molecule has 0 fully saturated rings. The van der Waals surface area contributed by atoms with Crippen LogP contribution in [0.1, 0.15) is 55.3 Å². The van der Waals surface area contributed by atoms with Crippen LogP contribution in [0.5, 0.6) is 11.5 Å². The summed E-state index contributed by atoms with van der Waals surface area (Å²) >= 11 is 6.33. The molecular weight excluding hydrogens is 484 g/mol. The zero-order valence-electron chi connectivity index (χ0n) is 19.5. The number of ether oxygens (including phenoxy) is 4. The molecule has 35 heavy (non-hydrogen) atoms. The van der Waals surface area contributed by atoms with Crippen LogP contribution in [0.2, 0.25) is 5.02 Å². The molecule has 2 atom stereocenters. The minimum atomic E-state index is -3.33. The Bertz CT molecular complexity index is 1240. The summed E-state index contributed by atoms with van der Waals surface area (Å²) in [4.78, 5) is 12.5. The highest BCUT2D eigenvalue weighted by Gasteiger charge is 2.41. The molecule has 0 amide bonds. The number of esters is 1. The summed E-state index contributed by atoms with van der Waals surface area (Å²) in [5.74, 6) is -3.61. The number of aromatic nitrogens is 3. The van der Waals surface area contributed by atoms with Crippen LogP contribution in [-0.2, 0) is 20.2 Å². The van der Waals surface area contributed by atoms with Crippen molar-refractivity contribution in [1.29, 1.82) is 0 Å². The highest BCUT2D eigenvalue weighted by molar-refractivity contribution is 6.30. The average Bonchev–Trinajstić information content (AvgIpc) is 3.22. The molecule has 1 aliphatic rings. The second-order valence-corrected chi connectivity index (χ2v) is 8.34. The summed E-state index contributed by atoms with van der Waals surface area (Å²) in [6.45, 7) is 2.56. The van der Waals surface area contributed by atoms with Gasteiger partial charge in [0.1, 0.15) is 12.2 Å². The van der Waals surface area contributed by atoms with Gasteiger partial charge in [-0.3, -0.25) is 9.36 Å². The van der Waals surface area contributed by atoms with Gasteiger partial charge in [-0.05, 0) is 31.2 Å². The first-order valence-electron chi connectivity index (χ1n) is 10.8. The summed E-state index contributed by atoms with van der Waals surface area (Å²) in [5.41, 5.74) is 1.35. The van der Waals surface area contributed by atoms with Gasteiger partial charge < -0.3 is 18.9 Å². The normalized spacial score (nSPS) is 17.2. The van der Waals surface area contributed by atoms with E-state index in [4.69, 9.17) is 30.5 Å². The van der Waals surface area contributed by atoms with E-state index >= 15 is 0 Å². The van der Waals surface area contributed by atoms with Crippen molar-refractivity contribution in [1.82, 2.24) is 14.8 Å². The van der Waals surface area contributed by atoms with Gasteiger partial charge in [-0.25, -0.2) is 0 Å². The number of rotatable bonds is 7. The lowest BCUT2D eigenvalue weighted by Crippen LogP contribution is -2.19. The summed E-state index contributed by atoms with van der Waals surface area (Å²) < 4.78 is 53.0. The number of methoxy groups -OCH3 is 2. The van der Waals surface area contributed by atoms with Gasteiger partial charge in [0.2, 0.25) is 5.82 Å². The maximum absolute atomic E-state index is 14.6. The molecule has 2 unspecified atom stereocenters. The van der Waals surface area contributed by atoms with Crippen LogP contribution >= 0.6 is 11.6 Å². The van der Waals surface area contributed by atoms with Crippen LogP contribution in [0.25, 0.3) is 5.69 Å². The van der Waals surface area contributed by atoms with Gasteiger partial charge in [0.05, 0.1) is 32.9 Å². The van der Waals surface area contributed by atoms with E-state index in [-0.39, 0.29) is 18.9 Å². The maximum Gasteiger partial charge on any atom is 0.308 e. The minimum Gasteiger partial charge on any atom is -0.493 e. The number of carbonyl (C=O) groups is 1. The SMILES string of the molecule is CCOC(=O)CC1OC(c2cccc(OC)c2OC)c2cc(Cl)ccc2-n2c1nnc2C(C)(F)F.